The normalized spacial score (nSPS) is 32.3. The van der Waals surface area contributed by atoms with Gasteiger partial charge in [-0.2, -0.15) is 5.01 Å². The number of nitrogens with zero attached hydrogens (tertiary/aromatic N) is 1. The van der Waals surface area contributed by atoms with Gasteiger partial charge in [-0.15, -0.1) is 0 Å². The Labute approximate surface area is 194 Å². The Balaban J connectivity index is 1.25. The van der Waals surface area contributed by atoms with Gasteiger partial charge in [0, 0.05) is 0 Å². The highest BCUT2D eigenvalue weighted by molar-refractivity contribution is 8.26. The van der Waals surface area contributed by atoms with Gasteiger partial charge in [0.2, 0.25) is 5.91 Å². The van der Waals surface area contributed by atoms with E-state index in [0.717, 1.165) is 31.0 Å². The largest absolute Gasteiger partial charge is 0.463 e. The summed E-state index contributed by atoms with van der Waals surface area (Å²) in [5.41, 5.74) is 3.01. The summed E-state index contributed by atoms with van der Waals surface area (Å²) in [6.45, 7) is 0. The van der Waals surface area contributed by atoms with Crippen molar-refractivity contribution in [3.63, 3.8) is 0 Å². The molecule has 5 aliphatic rings. The molecule has 2 heterocycles. The number of fused-ring (bicyclic) bond motifs is 1. The lowest BCUT2D eigenvalue weighted by molar-refractivity contribution is -0.152. The number of thioether (sulfide) groups is 1. The maximum absolute atomic E-state index is 13.4. The number of nitrogens with one attached hydrogen (secondary N) is 1. The molecule has 1 aromatic heterocycles. The molecule has 6 nitrogen and oxygen atoms in total. The van der Waals surface area contributed by atoms with Crippen LogP contribution in [-0.2, 0) is 9.59 Å². The van der Waals surface area contributed by atoms with Crippen molar-refractivity contribution < 1.29 is 14.0 Å². The maximum atomic E-state index is 13.4. The van der Waals surface area contributed by atoms with Crippen molar-refractivity contribution in [2.45, 2.75) is 38.5 Å². The van der Waals surface area contributed by atoms with Crippen molar-refractivity contribution in [2.75, 3.05) is 0 Å². The lowest BCUT2D eigenvalue weighted by atomic mass is 9.49. The minimum Gasteiger partial charge on any atom is -0.463 e. The summed E-state index contributed by atoms with van der Waals surface area (Å²) in [5, 5.41) is 1.63. The quantitative estimate of drug-likeness (QED) is 0.538. The first-order chi connectivity index (χ1) is 15.4. The van der Waals surface area contributed by atoms with Gasteiger partial charge < -0.3 is 4.42 Å². The molecule has 0 radical (unpaired) electrons. The molecule has 5 fully saturated rings. The number of carbonyl (C=O) groups is 2. The second-order valence-electron chi connectivity index (χ2n) is 9.67. The zero-order valence-electron chi connectivity index (χ0n) is 17.3. The molecule has 1 aromatic carbocycles. The first kappa shape index (κ1) is 20.2. The highest BCUT2D eigenvalue weighted by atomic mass is 32.2. The minimum absolute atomic E-state index is 0.0839. The van der Waals surface area contributed by atoms with Gasteiger partial charge in [-0.05, 0) is 86.7 Å². The van der Waals surface area contributed by atoms with E-state index in [1.165, 1.54) is 36.6 Å². The molecular formula is C24H22N2O4S2. The Hall–Kier alpha value is -2.45. The van der Waals surface area contributed by atoms with E-state index in [0.29, 0.717) is 33.6 Å². The SMILES string of the molecule is O=C1/C(=C/c2coc3ccccc3c2=O)SC(=S)N1NC(=O)C12CC3CC(CC(C3)C1)C2. The summed E-state index contributed by atoms with van der Waals surface area (Å²) in [6, 6.07) is 6.97. The van der Waals surface area contributed by atoms with Crippen molar-refractivity contribution >= 4 is 57.2 Å². The van der Waals surface area contributed by atoms with E-state index >= 15 is 0 Å². The Morgan fingerprint density at radius 3 is 2.47 bits per heavy atom. The average molecular weight is 467 g/mol. The van der Waals surface area contributed by atoms with Crippen molar-refractivity contribution in [2.24, 2.45) is 23.2 Å². The van der Waals surface area contributed by atoms with Crippen LogP contribution in [0.4, 0.5) is 0 Å². The van der Waals surface area contributed by atoms with E-state index < -0.39 is 5.91 Å². The molecule has 2 amide bonds. The molecule has 32 heavy (non-hydrogen) atoms. The lowest BCUT2D eigenvalue weighted by Crippen LogP contribution is -2.57. The van der Waals surface area contributed by atoms with E-state index in [1.54, 1.807) is 24.3 Å². The van der Waals surface area contributed by atoms with E-state index in [9.17, 15) is 14.4 Å². The van der Waals surface area contributed by atoms with Gasteiger partial charge in [0.05, 0.1) is 21.3 Å². The molecule has 1 saturated heterocycles. The molecule has 4 bridgehead atoms. The Kier molecular flexibility index (Phi) is 4.59. The summed E-state index contributed by atoms with van der Waals surface area (Å²) in [5.74, 6) is 1.39. The first-order valence-electron chi connectivity index (χ1n) is 11.0. The molecule has 0 atom stereocenters. The molecule has 1 aliphatic heterocycles. The maximum Gasteiger partial charge on any atom is 0.285 e. The molecule has 2 aromatic rings. The molecule has 164 valence electrons. The van der Waals surface area contributed by atoms with Crippen LogP contribution in [0.2, 0.25) is 0 Å². The number of rotatable bonds is 3. The molecule has 7 rings (SSSR count). The van der Waals surface area contributed by atoms with E-state index in [-0.39, 0.29) is 26.6 Å². The highest BCUT2D eigenvalue weighted by Crippen LogP contribution is 2.60. The van der Waals surface area contributed by atoms with Crippen molar-refractivity contribution in [3.8, 4) is 0 Å². The lowest BCUT2D eigenvalue weighted by Gasteiger charge is -2.55. The highest BCUT2D eigenvalue weighted by Gasteiger charge is 2.55. The van der Waals surface area contributed by atoms with Gasteiger partial charge in [0.1, 0.15) is 11.8 Å². The van der Waals surface area contributed by atoms with Crippen molar-refractivity contribution in [3.05, 3.63) is 51.2 Å². The van der Waals surface area contributed by atoms with Crippen LogP contribution in [0.25, 0.3) is 17.0 Å². The third-order valence-electron chi connectivity index (χ3n) is 7.52. The number of benzene rings is 1. The minimum atomic E-state index is -0.411. The topological polar surface area (TPSA) is 79.6 Å². The number of carbonyl (C=O) groups excluding carboxylic acids is 2. The summed E-state index contributed by atoms with van der Waals surface area (Å²) < 4.78 is 5.81. The Bertz CT molecular complexity index is 1230. The van der Waals surface area contributed by atoms with Gasteiger partial charge >= 0.3 is 0 Å². The summed E-state index contributed by atoms with van der Waals surface area (Å²) in [4.78, 5) is 39.5. The number of hydrazine groups is 1. The van der Waals surface area contributed by atoms with Crippen LogP contribution in [0.15, 0.2) is 44.6 Å². The van der Waals surface area contributed by atoms with Crippen LogP contribution in [-0.4, -0.2) is 21.1 Å². The van der Waals surface area contributed by atoms with Crippen LogP contribution < -0.4 is 10.9 Å². The Morgan fingerprint density at radius 2 is 1.78 bits per heavy atom. The molecule has 0 spiro atoms. The van der Waals surface area contributed by atoms with Gasteiger partial charge in [0.25, 0.3) is 5.91 Å². The third kappa shape index (κ3) is 3.15. The molecule has 4 aliphatic carbocycles. The number of thiocarbonyl (C=S) groups is 1. The fourth-order valence-corrected chi connectivity index (χ4v) is 7.68. The number of amides is 2. The fraction of sp³-hybridized carbons (Fsp3) is 0.417. The second-order valence-corrected chi connectivity index (χ2v) is 11.3. The molecule has 8 heteroatoms. The summed E-state index contributed by atoms with van der Waals surface area (Å²) >= 11 is 6.48. The van der Waals surface area contributed by atoms with Crippen molar-refractivity contribution in [1.29, 1.82) is 0 Å². The predicted octanol–water partition coefficient (Wildman–Crippen LogP) is 4.24. The van der Waals surface area contributed by atoms with E-state index in [1.807, 2.05) is 0 Å². The van der Waals surface area contributed by atoms with Gasteiger partial charge in [-0.3, -0.25) is 19.8 Å². The van der Waals surface area contributed by atoms with Crippen LogP contribution in [0.3, 0.4) is 0 Å². The van der Waals surface area contributed by atoms with Gasteiger partial charge in [-0.25, -0.2) is 0 Å². The van der Waals surface area contributed by atoms with Crippen LogP contribution in [0, 0.1) is 23.2 Å². The van der Waals surface area contributed by atoms with Crippen LogP contribution in [0.5, 0.6) is 0 Å². The van der Waals surface area contributed by atoms with Crippen LogP contribution >= 0.6 is 24.0 Å². The molecule has 1 N–H and O–H groups in total. The smallest absolute Gasteiger partial charge is 0.285 e. The monoisotopic (exact) mass is 466 g/mol. The average Bonchev–Trinajstić information content (AvgIpc) is 3.02. The number of hydrogen-bond acceptors (Lipinski definition) is 6. The summed E-state index contributed by atoms with van der Waals surface area (Å²) in [6.07, 6.45) is 9.30. The molecular weight excluding hydrogens is 444 g/mol. The Morgan fingerprint density at radius 1 is 1.12 bits per heavy atom. The zero-order valence-corrected chi connectivity index (χ0v) is 19.0. The van der Waals surface area contributed by atoms with Gasteiger partial charge in [-0.1, -0.05) is 23.9 Å². The number of hydrogen-bond donors (Lipinski definition) is 1. The second kappa shape index (κ2) is 7.28. The standard InChI is InChI=1S/C24H22N2O4S2/c27-20-16(12-30-18-4-2-1-3-17(18)20)8-19-21(28)26(23(31)32-19)25-22(29)24-9-13-5-14(10-24)7-15(6-13)11-24/h1-4,8,12-15H,5-7,9-11H2,(H,25,29)/b19-8-. The summed E-state index contributed by atoms with van der Waals surface area (Å²) in [7, 11) is 0. The predicted molar refractivity (Wildman–Crippen MR) is 126 cm³/mol. The van der Waals surface area contributed by atoms with E-state index in [4.69, 9.17) is 16.6 Å². The van der Waals surface area contributed by atoms with E-state index in [2.05, 4.69) is 5.43 Å². The molecule has 0 unspecified atom stereocenters. The van der Waals surface area contributed by atoms with Gasteiger partial charge in [0.15, 0.2) is 9.75 Å². The fourth-order valence-electron chi connectivity index (χ4n) is 6.51. The van der Waals surface area contributed by atoms with Crippen LogP contribution in [0.1, 0.15) is 44.1 Å². The van der Waals surface area contributed by atoms with Crippen molar-refractivity contribution in [1.82, 2.24) is 10.4 Å². The number of para-hydroxylation sites is 1. The zero-order chi connectivity index (χ0) is 22.0. The molecule has 4 saturated carbocycles. The third-order valence-corrected chi connectivity index (χ3v) is 8.82. The first-order valence-corrected chi connectivity index (χ1v) is 12.2.